The summed E-state index contributed by atoms with van der Waals surface area (Å²) < 4.78 is 38.0. The standard InChI is InChI=1S/C19H16F2N2O4/c20-13-2-1-3-14(18(13)21)22-19(25)11-8-17(24)23(10-11)12-4-5-15-16(9-12)27-7-6-26-15/h1-5,9,11H,6-8,10H2,(H,22,25). The SMILES string of the molecule is O=C(Nc1cccc(F)c1F)C1CC(=O)N(c2ccc3c(c2)OCCO3)C1. The van der Waals surface area contributed by atoms with E-state index in [-0.39, 0.29) is 24.6 Å². The van der Waals surface area contributed by atoms with E-state index in [2.05, 4.69) is 5.32 Å². The molecule has 0 aliphatic carbocycles. The predicted octanol–water partition coefficient (Wildman–Crippen LogP) is 2.73. The molecule has 1 unspecified atom stereocenters. The molecule has 0 spiro atoms. The number of anilines is 2. The van der Waals surface area contributed by atoms with Gasteiger partial charge in [-0.2, -0.15) is 0 Å². The Morgan fingerprint density at radius 1 is 1.11 bits per heavy atom. The minimum Gasteiger partial charge on any atom is -0.486 e. The topological polar surface area (TPSA) is 67.9 Å². The van der Waals surface area contributed by atoms with Crippen LogP contribution in [-0.4, -0.2) is 31.6 Å². The van der Waals surface area contributed by atoms with Gasteiger partial charge in [0.2, 0.25) is 11.8 Å². The molecule has 8 heteroatoms. The number of carbonyl (C=O) groups is 2. The number of hydrogen-bond donors (Lipinski definition) is 1. The summed E-state index contributed by atoms with van der Waals surface area (Å²) in [5.41, 5.74) is 0.349. The lowest BCUT2D eigenvalue weighted by molar-refractivity contribution is -0.122. The van der Waals surface area contributed by atoms with E-state index < -0.39 is 23.5 Å². The number of benzene rings is 2. The zero-order valence-electron chi connectivity index (χ0n) is 14.2. The zero-order chi connectivity index (χ0) is 19.0. The van der Waals surface area contributed by atoms with Crippen LogP contribution in [0.3, 0.4) is 0 Å². The number of ether oxygens (including phenoxy) is 2. The van der Waals surface area contributed by atoms with Gasteiger partial charge in [-0.25, -0.2) is 8.78 Å². The van der Waals surface area contributed by atoms with Crippen LogP contribution in [0.1, 0.15) is 6.42 Å². The maximum absolute atomic E-state index is 13.7. The maximum atomic E-state index is 13.7. The molecule has 1 atom stereocenters. The van der Waals surface area contributed by atoms with Crippen molar-refractivity contribution < 1.29 is 27.8 Å². The summed E-state index contributed by atoms with van der Waals surface area (Å²) in [7, 11) is 0. The van der Waals surface area contributed by atoms with E-state index in [1.165, 1.54) is 17.0 Å². The Morgan fingerprint density at radius 2 is 1.89 bits per heavy atom. The first kappa shape index (κ1) is 17.3. The average molecular weight is 374 g/mol. The van der Waals surface area contributed by atoms with Crippen LogP contribution in [0.5, 0.6) is 11.5 Å². The van der Waals surface area contributed by atoms with Crippen molar-refractivity contribution in [1.29, 1.82) is 0 Å². The van der Waals surface area contributed by atoms with Gasteiger partial charge in [-0.05, 0) is 24.3 Å². The Bertz CT molecular complexity index is 919. The molecule has 2 aliphatic heterocycles. The second-order valence-electron chi connectivity index (χ2n) is 6.32. The van der Waals surface area contributed by atoms with Crippen LogP contribution in [-0.2, 0) is 9.59 Å². The Kier molecular flexibility index (Phi) is 4.39. The van der Waals surface area contributed by atoms with Gasteiger partial charge in [0.15, 0.2) is 23.1 Å². The van der Waals surface area contributed by atoms with E-state index in [9.17, 15) is 18.4 Å². The average Bonchev–Trinajstić information content (AvgIpc) is 3.07. The monoisotopic (exact) mass is 374 g/mol. The lowest BCUT2D eigenvalue weighted by Crippen LogP contribution is -2.28. The second-order valence-corrected chi connectivity index (χ2v) is 6.32. The largest absolute Gasteiger partial charge is 0.486 e. The molecule has 6 nitrogen and oxygen atoms in total. The molecule has 2 aliphatic rings. The number of nitrogens with one attached hydrogen (secondary N) is 1. The van der Waals surface area contributed by atoms with Crippen molar-refractivity contribution in [1.82, 2.24) is 0 Å². The van der Waals surface area contributed by atoms with Gasteiger partial charge in [0.1, 0.15) is 13.2 Å². The molecule has 4 rings (SSSR count). The van der Waals surface area contributed by atoms with E-state index in [0.29, 0.717) is 30.4 Å². The first-order valence-electron chi connectivity index (χ1n) is 8.48. The molecule has 2 heterocycles. The number of fused-ring (bicyclic) bond motifs is 1. The van der Waals surface area contributed by atoms with E-state index in [4.69, 9.17) is 9.47 Å². The van der Waals surface area contributed by atoms with Crippen LogP contribution in [0.2, 0.25) is 0 Å². The Hall–Kier alpha value is -3.16. The molecule has 1 saturated heterocycles. The fourth-order valence-electron chi connectivity index (χ4n) is 3.17. The molecule has 140 valence electrons. The first-order chi connectivity index (χ1) is 13.0. The molecule has 1 fully saturated rings. The Morgan fingerprint density at radius 3 is 2.70 bits per heavy atom. The number of hydrogen-bond acceptors (Lipinski definition) is 4. The third-order valence-electron chi connectivity index (χ3n) is 4.54. The molecule has 2 aromatic carbocycles. The van der Waals surface area contributed by atoms with Crippen molar-refractivity contribution in [3.63, 3.8) is 0 Å². The molecule has 0 bridgehead atoms. The summed E-state index contributed by atoms with van der Waals surface area (Å²) >= 11 is 0. The molecule has 2 aromatic rings. The minimum absolute atomic E-state index is 0.0167. The highest BCUT2D eigenvalue weighted by molar-refractivity contribution is 6.03. The molecule has 0 radical (unpaired) electrons. The van der Waals surface area contributed by atoms with Crippen molar-refractivity contribution in [2.24, 2.45) is 5.92 Å². The molecule has 2 amide bonds. The summed E-state index contributed by atoms with van der Waals surface area (Å²) in [6.07, 6.45) is -0.0167. The molecule has 0 aromatic heterocycles. The van der Waals surface area contributed by atoms with Crippen molar-refractivity contribution in [2.75, 3.05) is 30.0 Å². The fraction of sp³-hybridized carbons (Fsp3) is 0.263. The summed E-state index contributed by atoms with van der Waals surface area (Å²) in [6, 6.07) is 8.66. The number of carbonyl (C=O) groups excluding carboxylic acids is 2. The Balaban J connectivity index is 1.49. The van der Waals surface area contributed by atoms with Gasteiger partial charge in [-0.15, -0.1) is 0 Å². The third-order valence-corrected chi connectivity index (χ3v) is 4.54. The summed E-state index contributed by atoms with van der Waals surface area (Å²) in [6.45, 7) is 1.03. The number of nitrogens with zero attached hydrogens (tertiary/aromatic N) is 1. The van der Waals surface area contributed by atoms with Gasteiger partial charge in [-0.1, -0.05) is 6.07 Å². The highest BCUT2D eigenvalue weighted by Gasteiger charge is 2.36. The first-order valence-corrected chi connectivity index (χ1v) is 8.48. The van der Waals surface area contributed by atoms with Crippen LogP contribution in [0.4, 0.5) is 20.2 Å². The maximum Gasteiger partial charge on any atom is 0.229 e. The van der Waals surface area contributed by atoms with Gasteiger partial charge >= 0.3 is 0 Å². The molecule has 1 N–H and O–H groups in total. The Labute approximate surface area is 153 Å². The van der Waals surface area contributed by atoms with Gasteiger partial charge in [-0.3, -0.25) is 9.59 Å². The quantitative estimate of drug-likeness (QED) is 0.897. The lowest BCUT2D eigenvalue weighted by Gasteiger charge is -2.22. The zero-order valence-corrected chi connectivity index (χ0v) is 14.2. The van der Waals surface area contributed by atoms with Crippen molar-refractivity contribution in [3.05, 3.63) is 48.0 Å². The van der Waals surface area contributed by atoms with Gasteiger partial charge in [0, 0.05) is 24.7 Å². The summed E-state index contributed by atoms with van der Waals surface area (Å²) in [5, 5.41) is 2.36. The highest BCUT2D eigenvalue weighted by atomic mass is 19.2. The van der Waals surface area contributed by atoms with E-state index in [1.54, 1.807) is 18.2 Å². The van der Waals surface area contributed by atoms with Crippen molar-refractivity contribution >= 4 is 23.2 Å². The predicted molar refractivity (Wildman–Crippen MR) is 92.9 cm³/mol. The minimum atomic E-state index is -1.13. The lowest BCUT2D eigenvalue weighted by atomic mass is 10.1. The highest BCUT2D eigenvalue weighted by Crippen LogP contribution is 2.36. The third kappa shape index (κ3) is 3.30. The van der Waals surface area contributed by atoms with Gasteiger partial charge in [0.05, 0.1) is 11.6 Å². The van der Waals surface area contributed by atoms with Crippen LogP contribution < -0.4 is 19.7 Å². The van der Waals surface area contributed by atoms with Crippen LogP contribution in [0, 0.1) is 17.6 Å². The molecular formula is C19H16F2N2O4. The van der Waals surface area contributed by atoms with Crippen molar-refractivity contribution in [2.45, 2.75) is 6.42 Å². The fourth-order valence-corrected chi connectivity index (χ4v) is 3.17. The van der Waals surface area contributed by atoms with Gasteiger partial charge < -0.3 is 19.7 Å². The number of rotatable bonds is 3. The van der Waals surface area contributed by atoms with Crippen molar-refractivity contribution in [3.8, 4) is 11.5 Å². The van der Waals surface area contributed by atoms with Gasteiger partial charge in [0.25, 0.3) is 0 Å². The summed E-state index contributed by atoms with van der Waals surface area (Å²) in [5.74, 6) is -2.46. The van der Waals surface area contributed by atoms with Crippen LogP contribution in [0.25, 0.3) is 0 Å². The number of halogens is 2. The number of amides is 2. The summed E-state index contributed by atoms with van der Waals surface area (Å²) in [4.78, 5) is 26.3. The van der Waals surface area contributed by atoms with Crippen LogP contribution >= 0.6 is 0 Å². The van der Waals surface area contributed by atoms with Crippen LogP contribution in [0.15, 0.2) is 36.4 Å². The molecular weight excluding hydrogens is 358 g/mol. The van der Waals surface area contributed by atoms with E-state index in [0.717, 1.165) is 6.07 Å². The second kappa shape index (κ2) is 6.86. The molecule has 27 heavy (non-hydrogen) atoms. The smallest absolute Gasteiger partial charge is 0.229 e. The molecule has 0 saturated carbocycles. The van der Waals surface area contributed by atoms with E-state index >= 15 is 0 Å². The normalized spacial score (nSPS) is 18.5. The van der Waals surface area contributed by atoms with E-state index in [1.807, 2.05) is 0 Å².